The summed E-state index contributed by atoms with van der Waals surface area (Å²) in [6.45, 7) is 8.38. The molecule has 2 rings (SSSR count). The van der Waals surface area contributed by atoms with Crippen LogP contribution in [0.5, 0.6) is 5.75 Å². The molecule has 0 bridgehead atoms. The summed E-state index contributed by atoms with van der Waals surface area (Å²) in [5.74, 6) is 0.604. The minimum atomic E-state index is -3.52. The molecule has 0 heterocycles. The maximum absolute atomic E-state index is 12.5. The lowest BCUT2D eigenvalue weighted by atomic mass is 10.0. The highest BCUT2D eigenvalue weighted by molar-refractivity contribution is 9.10. The van der Waals surface area contributed by atoms with E-state index in [4.69, 9.17) is 4.74 Å². The van der Waals surface area contributed by atoms with Crippen LogP contribution in [0.25, 0.3) is 0 Å². The van der Waals surface area contributed by atoms with Gasteiger partial charge in [-0.1, -0.05) is 43.6 Å². The third-order valence-corrected chi connectivity index (χ3v) is 6.99. The Morgan fingerprint density at radius 2 is 1.72 bits per heavy atom. The van der Waals surface area contributed by atoms with Gasteiger partial charge < -0.3 is 10.1 Å². The molecule has 0 aromatic heterocycles. The molecule has 0 atom stereocenters. The summed E-state index contributed by atoms with van der Waals surface area (Å²) in [5.41, 5.74) is 1.52. The lowest BCUT2D eigenvalue weighted by Gasteiger charge is -2.18. The number of halogens is 1. The molecule has 2 aromatic rings. The van der Waals surface area contributed by atoms with E-state index < -0.39 is 10.0 Å². The van der Waals surface area contributed by atoms with Gasteiger partial charge in [0, 0.05) is 23.2 Å². The lowest BCUT2D eigenvalue weighted by Crippen LogP contribution is -2.30. The van der Waals surface area contributed by atoms with Crippen molar-refractivity contribution in [1.29, 1.82) is 0 Å². The molecule has 0 saturated carbocycles. The maximum atomic E-state index is 12.5. The molecule has 29 heavy (non-hydrogen) atoms. The SMILES string of the molecule is CCN(CC)S(=O)(=O)c1ccc(NC(=O)COc2ccc(Br)cc2C(C)C)cc1. The molecule has 2 aromatic carbocycles. The molecule has 1 amide bonds. The van der Waals surface area contributed by atoms with Gasteiger partial charge in [0.05, 0.1) is 4.90 Å². The number of carbonyl (C=O) groups excluding carboxylic acids is 1. The first-order chi connectivity index (χ1) is 13.7. The van der Waals surface area contributed by atoms with Crippen LogP contribution < -0.4 is 10.1 Å². The highest BCUT2D eigenvalue weighted by Crippen LogP contribution is 2.29. The summed E-state index contributed by atoms with van der Waals surface area (Å²) >= 11 is 3.45. The van der Waals surface area contributed by atoms with E-state index >= 15 is 0 Å². The van der Waals surface area contributed by atoms with E-state index in [-0.39, 0.29) is 23.3 Å². The fourth-order valence-electron chi connectivity index (χ4n) is 2.87. The van der Waals surface area contributed by atoms with Gasteiger partial charge in [-0.2, -0.15) is 4.31 Å². The largest absolute Gasteiger partial charge is 0.483 e. The molecule has 8 heteroatoms. The van der Waals surface area contributed by atoms with Gasteiger partial charge in [0.25, 0.3) is 5.91 Å². The Hall–Kier alpha value is -1.90. The van der Waals surface area contributed by atoms with Gasteiger partial charge in [-0.15, -0.1) is 0 Å². The maximum Gasteiger partial charge on any atom is 0.262 e. The fraction of sp³-hybridized carbons (Fsp3) is 0.381. The van der Waals surface area contributed by atoms with E-state index in [1.807, 2.05) is 18.2 Å². The van der Waals surface area contributed by atoms with Gasteiger partial charge in [-0.05, 0) is 53.9 Å². The van der Waals surface area contributed by atoms with Crippen molar-refractivity contribution >= 4 is 37.5 Å². The summed E-state index contributed by atoms with van der Waals surface area (Å²) in [6, 6.07) is 11.8. The number of hydrogen-bond donors (Lipinski definition) is 1. The van der Waals surface area contributed by atoms with Crippen molar-refractivity contribution < 1.29 is 17.9 Å². The average Bonchev–Trinajstić information content (AvgIpc) is 2.68. The number of rotatable bonds is 9. The minimum Gasteiger partial charge on any atom is -0.483 e. The summed E-state index contributed by atoms with van der Waals surface area (Å²) in [7, 11) is -3.52. The number of sulfonamides is 1. The zero-order valence-corrected chi connectivity index (χ0v) is 19.5. The summed E-state index contributed by atoms with van der Waals surface area (Å²) < 4.78 is 33.1. The van der Waals surface area contributed by atoms with Crippen molar-refractivity contribution in [3.63, 3.8) is 0 Å². The number of anilines is 1. The molecule has 0 fully saturated rings. The van der Waals surface area contributed by atoms with Crippen LogP contribution in [0.3, 0.4) is 0 Å². The Morgan fingerprint density at radius 3 is 2.28 bits per heavy atom. The van der Waals surface area contributed by atoms with Crippen LogP contribution in [-0.4, -0.2) is 38.3 Å². The van der Waals surface area contributed by atoms with Gasteiger partial charge in [-0.25, -0.2) is 8.42 Å². The molecule has 6 nitrogen and oxygen atoms in total. The standard InChI is InChI=1S/C21H27BrN2O4S/c1-5-24(6-2)29(26,27)18-10-8-17(9-11-18)23-21(25)14-28-20-12-7-16(22)13-19(20)15(3)4/h7-13,15H,5-6,14H2,1-4H3,(H,23,25). The van der Waals surface area contributed by atoms with Gasteiger partial charge in [0.2, 0.25) is 10.0 Å². The molecular weight excluding hydrogens is 456 g/mol. The quantitative estimate of drug-likeness (QED) is 0.565. The highest BCUT2D eigenvalue weighted by atomic mass is 79.9. The smallest absolute Gasteiger partial charge is 0.262 e. The predicted molar refractivity (Wildman–Crippen MR) is 119 cm³/mol. The van der Waals surface area contributed by atoms with Crippen molar-refractivity contribution in [1.82, 2.24) is 4.31 Å². The number of nitrogens with one attached hydrogen (secondary N) is 1. The predicted octanol–water partition coefficient (Wildman–Crippen LogP) is 4.62. The van der Waals surface area contributed by atoms with E-state index in [0.29, 0.717) is 24.5 Å². The lowest BCUT2D eigenvalue weighted by molar-refractivity contribution is -0.118. The van der Waals surface area contributed by atoms with Crippen molar-refractivity contribution in [3.8, 4) is 5.75 Å². The Labute approximate surface area is 181 Å². The number of benzene rings is 2. The summed E-state index contributed by atoms with van der Waals surface area (Å²) in [4.78, 5) is 12.4. The summed E-state index contributed by atoms with van der Waals surface area (Å²) in [6.07, 6.45) is 0. The molecule has 0 aliphatic carbocycles. The minimum absolute atomic E-state index is 0.138. The first-order valence-electron chi connectivity index (χ1n) is 9.51. The van der Waals surface area contributed by atoms with E-state index in [0.717, 1.165) is 10.0 Å². The average molecular weight is 483 g/mol. The Morgan fingerprint density at radius 1 is 1.10 bits per heavy atom. The van der Waals surface area contributed by atoms with Gasteiger partial charge in [0.1, 0.15) is 5.75 Å². The normalized spacial score (nSPS) is 11.7. The van der Waals surface area contributed by atoms with E-state index in [1.165, 1.54) is 16.4 Å². The number of amides is 1. The van der Waals surface area contributed by atoms with Gasteiger partial charge in [-0.3, -0.25) is 4.79 Å². The van der Waals surface area contributed by atoms with Crippen LogP contribution in [0.4, 0.5) is 5.69 Å². The molecule has 158 valence electrons. The highest BCUT2D eigenvalue weighted by Gasteiger charge is 2.21. The summed E-state index contributed by atoms with van der Waals surface area (Å²) in [5, 5.41) is 2.73. The van der Waals surface area contributed by atoms with Crippen molar-refractivity contribution in [2.45, 2.75) is 38.5 Å². The van der Waals surface area contributed by atoms with Gasteiger partial charge in [0.15, 0.2) is 6.61 Å². The fourth-order valence-corrected chi connectivity index (χ4v) is 4.70. The van der Waals surface area contributed by atoms with Crippen molar-refractivity contribution in [2.24, 2.45) is 0 Å². The number of hydrogen-bond acceptors (Lipinski definition) is 4. The van der Waals surface area contributed by atoms with Crippen LogP contribution in [0.1, 0.15) is 39.2 Å². The Bertz CT molecular complexity index is 940. The monoisotopic (exact) mass is 482 g/mol. The van der Waals surface area contributed by atoms with Crippen LogP contribution in [0.15, 0.2) is 51.8 Å². The molecule has 0 spiro atoms. The van der Waals surface area contributed by atoms with Crippen LogP contribution in [0.2, 0.25) is 0 Å². The number of carbonyl (C=O) groups is 1. The van der Waals surface area contributed by atoms with E-state index in [2.05, 4.69) is 35.1 Å². The second-order valence-corrected chi connectivity index (χ2v) is 9.64. The van der Waals surface area contributed by atoms with Crippen molar-refractivity contribution in [2.75, 3.05) is 25.0 Å². The second-order valence-electron chi connectivity index (χ2n) is 6.79. The molecule has 1 N–H and O–H groups in total. The van der Waals surface area contributed by atoms with Crippen LogP contribution in [0, 0.1) is 0 Å². The number of nitrogens with zero attached hydrogens (tertiary/aromatic N) is 1. The first kappa shape index (κ1) is 23.4. The molecule has 0 radical (unpaired) electrons. The first-order valence-corrected chi connectivity index (χ1v) is 11.7. The third kappa shape index (κ3) is 6.04. The zero-order valence-electron chi connectivity index (χ0n) is 17.1. The Balaban J connectivity index is 2.02. The Kier molecular flexibility index (Phi) is 8.24. The van der Waals surface area contributed by atoms with E-state index in [1.54, 1.807) is 26.0 Å². The van der Waals surface area contributed by atoms with E-state index in [9.17, 15) is 13.2 Å². The van der Waals surface area contributed by atoms with Crippen molar-refractivity contribution in [3.05, 3.63) is 52.5 Å². The topological polar surface area (TPSA) is 75.7 Å². The van der Waals surface area contributed by atoms with Crippen LogP contribution >= 0.6 is 15.9 Å². The zero-order chi connectivity index (χ0) is 21.6. The van der Waals surface area contributed by atoms with Crippen LogP contribution in [-0.2, 0) is 14.8 Å². The number of ether oxygens (including phenoxy) is 1. The third-order valence-electron chi connectivity index (χ3n) is 4.43. The second kappa shape index (κ2) is 10.2. The molecule has 0 aliphatic heterocycles. The molecule has 0 aliphatic rings. The molecular formula is C21H27BrN2O4S. The van der Waals surface area contributed by atoms with Gasteiger partial charge >= 0.3 is 0 Å². The molecule has 0 saturated heterocycles. The molecule has 0 unspecified atom stereocenters.